The van der Waals surface area contributed by atoms with Crippen molar-refractivity contribution in [2.75, 3.05) is 32.8 Å². The van der Waals surface area contributed by atoms with Crippen LogP contribution in [0.2, 0.25) is 0 Å². The minimum atomic E-state index is 0.884. The molecule has 14 heavy (non-hydrogen) atoms. The molecule has 0 radical (unpaired) electrons. The van der Waals surface area contributed by atoms with E-state index in [4.69, 9.17) is 4.74 Å². The van der Waals surface area contributed by atoms with Crippen molar-refractivity contribution in [3.63, 3.8) is 0 Å². The van der Waals surface area contributed by atoms with Gasteiger partial charge in [-0.05, 0) is 18.9 Å². The van der Waals surface area contributed by atoms with E-state index in [9.17, 15) is 0 Å². The first-order valence-electron chi connectivity index (χ1n) is 6.00. The molecule has 0 amide bonds. The van der Waals surface area contributed by atoms with E-state index in [-0.39, 0.29) is 0 Å². The third kappa shape index (κ3) is 8.52. The smallest absolute Gasteiger partial charge is 0.0594 e. The lowest BCUT2D eigenvalue weighted by Gasteiger charge is -2.25. The van der Waals surface area contributed by atoms with Gasteiger partial charge in [-0.15, -0.1) is 0 Å². The highest BCUT2D eigenvalue weighted by Gasteiger charge is 2.07. The summed E-state index contributed by atoms with van der Waals surface area (Å²) in [5, 5.41) is 0. The second-order valence-electron chi connectivity index (χ2n) is 4.26. The van der Waals surface area contributed by atoms with E-state index in [0.29, 0.717) is 0 Å². The number of ether oxygens (including phenoxy) is 1. The van der Waals surface area contributed by atoms with Crippen LogP contribution in [0, 0.1) is 5.92 Å². The second kappa shape index (κ2) is 9.47. The predicted octanol–water partition coefficient (Wildman–Crippen LogP) is 2.78. The van der Waals surface area contributed by atoms with Gasteiger partial charge in [-0.2, -0.15) is 0 Å². The lowest BCUT2D eigenvalue weighted by atomic mass is 10.2. The van der Waals surface area contributed by atoms with Crippen molar-refractivity contribution >= 4 is 0 Å². The molecule has 1 aliphatic rings. The second-order valence-corrected chi connectivity index (χ2v) is 4.26. The van der Waals surface area contributed by atoms with Gasteiger partial charge in [0.15, 0.2) is 0 Å². The highest BCUT2D eigenvalue weighted by atomic mass is 16.5. The molecule has 1 saturated heterocycles. The van der Waals surface area contributed by atoms with Crippen LogP contribution in [0.4, 0.5) is 0 Å². The Kier molecular flexibility index (Phi) is 9.42. The topological polar surface area (TPSA) is 12.5 Å². The van der Waals surface area contributed by atoms with Gasteiger partial charge in [0.2, 0.25) is 0 Å². The predicted molar refractivity (Wildman–Crippen MR) is 62.7 cm³/mol. The molecule has 0 N–H and O–H groups in total. The van der Waals surface area contributed by atoms with Crippen molar-refractivity contribution in [3.8, 4) is 0 Å². The van der Waals surface area contributed by atoms with Crippen molar-refractivity contribution < 1.29 is 4.74 Å². The van der Waals surface area contributed by atoms with E-state index < -0.39 is 0 Å². The molecule has 0 unspecified atom stereocenters. The minimum absolute atomic E-state index is 0.884. The zero-order chi connectivity index (χ0) is 10.8. The van der Waals surface area contributed by atoms with Gasteiger partial charge in [-0.25, -0.2) is 0 Å². The Morgan fingerprint density at radius 2 is 1.64 bits per heavy atom. The van der Waals surface area contributed by atoms with Gasteiger partial charge in [0.25, 0.3) is 0 Å². The van der Waals surface area contributed by atoms with Crippen molar-refractivity contribution in [3.05, 3.63) is 0 Å². The molecule has 0 bridgehead atoms. The Morgan fingerprint density at radius 3 is 2.00 bits per heavy atom. The van der Waals surface area contributed by atoms with Crippen LogP contribution in [0.15, 0.2) is 0 Å². The fourth-order valence-corrected chi connectivity index (χ4v) is 1.14. The fourth-order valence-electron chi connectivity index (χ4n) is 1.14. The largest absolute Gasteiger partial charge is 0.379 e. The molecule has 1 aliphatic heterocycles. The van der Waals surface area contributed by atoms with Crippen molar-refractivity contribution in [1.29, 1.82) is 0 Å². The van der Waals surface area contributed by atoms with E-state index in [1.165, 1.54) is 19.4 Å². The molecule has 0 aromatic rings. The van der Waals surface area contributed by atoms with Gasteiger partial charge in [0.05, 0.1) is 13.2 Å². The van der Waals surface area contributed by atoms with Crippen LogP contribution in [0.1, 0.15) is 40.5 Å². The quantitative estimate of drug-likeness (QED) is 0.696. The van der Waals surface area contributed by atoms with Crippen LogP contribution >= 0.6 is 0 Å². The Labute approximate surface area is 89.6 Å². The molecule has 0 saturated carbocycles. The van der Waals surface area contributed by atoms with Crippen LogP contribution in [0.25, 0.3) is 0 Å². The maximum Gasteiger partial charge on any atom is 0.0594 e. The molecule has 0 spiro atoms. The van der Waals surface area contributed by atoms with Gasteiger partial charge in [0, 0.05) is 13.1 Å². The van der Waals surface area contributed by atoms with Crippen molar-refractivity contribution in [1.82, 2.24) is 4.90 Å². The average molecular weight is 201 g/mol. The molecule has 0 atom stereocenters. The first-order valence-corrected chi connectivity index (χ1v) is 6.00. The number of morpholine rings is 1. The van der Waals surface area contributed by atoms with Gasteiger partial charge in [-0.1, -0.05) is 34.1 Å². The van der Waals surface area contributed by atoms with E-state index in [0.717, 1.165) is 32.2 Å². The Balaban J connectivity index is 0.000000292. The maximum absolute atomic E-state index is 5.20. The number of hydrogen-bond donors (Lipinski definition) is 0. The van der Waals surface area contributed by atoms with Crippen LogP contribution in [-0.4, -0.2) is 37.7 Å². The average Bonchev–Trinajstić information content (AvgIpc) is 2.21. The normalized spacial score (nSPS) is 17.8. The highest BCUT2D eigenvalue weighted by Crippen LogP contribution is 1.96. The highest BCUT2D eigenvalue weighted by molar-refractivity contribution is 4.59. The van der Waals surface area contributed by atoms with Gasteiger partial charge < -0.3 is 4.74 Å². The zero-order valence-corrected chi connectivity index (χ0v) is 10.4. The zero-order valence-electron chi connectivity index (χ0n) is 10.4. The van der Waals surface area contributed by atoms with Gasteiger partial charge in [0.1, 0.15) is 0 Å². The number of hydrogen-bond acceptors (Lipinski definition) is 2. The molecule has 2 nitrogen and oxygen atoms in total. The molecular formula is C12H27NO. The summed E-state index contributed by atoms with van der Waals surface area (Å²) in [6.07, 6.45) is 2.57. The summed E-state index contributed by atoms with van der Waals surface area (Å²) in [6.45, 7) is 14.2. The molecule has 0 aromatic carbocycles. The molecule has 2 heteroatoms. The summed E-state index contributed by atoms with van der Waals surface area (Å²) in [5.41, 5.74) is 0. The van der Waals surface area contributed by atoms with E-state index in [1.807, 2.05) is 0 Å². The first-order chi connectivity index (χ1) is 6.70. The van der Waals surface area contributed by atoms with Crippen molar-refractivity contribution in [2.45, 2.75) is 40.5 Å². The lowest BCUT2D eigenvalue weighted by Crippen LogP contribution is -2.36. The molecule has 1 heterocycles. The Hall–Kier alpha value is -0.0800. The summed E-state index contributed by atoms with van der Waals surface area (Å²) in [7, 11) is 0. The third-order valence-corrected chi connectivity index (χ3v) is 2.46. The van der Waals surface area contributed by atoms with E-state index in [1.54, 1.807) is 0 Å². The number of rotatable bonds is 3. The van der Waals surface area contributed by atoms with E-state index in [2.05, 4.69) is 32.6 Å². The molecular weight excluding hydrogens is 174 g/mol. The van der Waals surface area contributed by atoms with Crippen LogP contribution in [0.5, 0.6) is 0 Å². The molecule has 0 aliphatic carbocycles. The van der Waals surface area contributed by atoms with Crippen LogP contribution in [-0.2, 0) is 4.74 Å². The molecule has 86 valence electrons. The first kappa shape index (κ1) is 13.9. The Bertz CT molecular complexity index is 106. The SMILES string of the molecule is CCC(C)C.CCCN1CCOCC1. The third-order valence-electron chi connectivity index (χ3n) is 2.46. The molecule has 1 fully saturated rings. The standard InChI is InChI=1S/C7H15NO.C5H12/c1-2-3-8-4-6-9-7-5-8;1-4-5(2)3/h2-7H2,1H3;5H,4H2,1-3H3. The van der Waals surface area contributed by atoms with Crippen LogP contribution in [0.3, 0.4) is 0 Å². The fraction of sp³-hybridized carbons (Fsp3) is 1.00. The van der Waals surface area contributed by atoms with Gasteiger partial charge >= 0.3 is 0 Å². The lowest BCUT2D eigenvalue weighted by molar-refractivity contribution is 0.0380. The summed E-state index contributed by atoms with van der Waals surface area (Å²) in [4.78, 5) is 2.45. The van der Waals surface area contributed by atoms with Crippen LogP contribution < -0.4 is 0 Å². The Morgan fingerprint density at radius 1 is 1.14 bits per heavy atom. The van der Waals surface area contributed by atoms with E-state index >= 15 is 0 Å². The maximum atomic E-state index is 5.20. The summed E-state index contributed by atoms with van der Waals surface area (Å²) < 4.78 is 5.20. The summed E-state index contributed by atoms with van der Waals surface area (Å²) in [6, 6.07) is 0. The van der Waals surface area contributed by atoms with Gasteiger partial charge in [-0.3, -0.25) is 4.90 Å². The molecule has 1 rings (SSSR count). The summed E-state index contributed by atoms with van der Waals surface area (Å²) >= 11 is 0. The summed E-state index contributed by atoms with van der Waals surface area (Å²) in [5.74, 6) is 0.884. The molecule has 0 aromatic heterocycles. The van der Waals surface area contributed by atoms with Crippen molar-refractivity contribution in [2.24, 2.45) is 5.92 Å². The number of nitrogens with zero attached hydrogens (tertiary/aromatic N) is 1. The minimum Gasteiger partial charge on any atom is -0.379 e. The monoisotopic (exact) mass is 201 g/mol.